The van der Waals surface area contributed by atoms with Gasteiger partial charge >= 0.3 is 5.97 Å². The molecule has 2 aliphatic carbocycles. The highest BCUT2D eigenvalue weighted by Gasteiger charge is 2.60. The van der Waals surface area contributed by atoms with Crippen LogP contribution < -0.4 is 9.64 Å². The molecule has 1 spiro atoms. The Balaban J connectivity index is 1.12. The quantitative estimate of drug-likeness (QED) is 0.167. The van der Waals surface area contributed by atoms with Gasteiger partial charge < -0.3 is 14.0 Å². The number of ether oxygens (including phenoxy) is 2. The predicted molar refractivity (Wildman–Crippen MR) is 166 cm³/mol. The number of benzene rings is 3. The second-order valence-corrected chi connectivity index (χ2v) is 13.1. The van der Waals surface area contributed by atoms with Crippen LogP contribution in [0.3, 0.4) is 0 Å². The number of fused-ring (bicyclic) bond motifs is 3. The van der Waals surface area contributed by atoms with Gasteiger partial charge in [0.05, 0.1) is 39.4 Å². The van der Waals surface area contributed by atoms with E-state index < -0.39 is 5.41 Å². The van der Waals surface area contributed by atoms with Gasteiger partial charge in [0, 0.05) is 16.2 Å². The zero-order valence-electron chi connectivity index (χ0n) is 23.0. The minimum Gasteiger partial charge on any atom is -0.489 e. The highest BCUT2D eigenvalue weighted by Crippen LogP contribution is 2.60. The van der Waals surface area contributed by atoms with E-state index in [-0.39, 0.29) is 18.5 Å². The normalized spacial score (nSPS) is 16.6. The van der Waals surface area contributed by atoms with Gasteiger partial charge in [0.25, 0.3) is 0 Å². The molecule has 2 saturated carbocycles. The highest BCUT2D eigenvalue weighted by molar-refractivity contribution is 7.23. The lowest BCUT2D eigenvalue weighted by molar-refractivity contribution is -0.119. The van der Waals surface area contributed by atoms with E-state index in [1.165, 1.54) is 18.4 Å². The molecule has 5 aromatic rings. The summed E-state index contributed by atoms with van der Waals surface area (Å²) in [7, 11) is 1.37. The van der Waals surface area contributed by atoms with Crippen molar-refractivity contribution in [1.82, 2.24) is 5.16 Å². The van der Waals surface area contributed by atoms with Gasteiger partial charge in [-0.3, -0.25) is 9.69 Å². The number of amides is 1. The minimum atomic E-state index is -0.533. The largest absolute Gasteiger partial charge is 0.489 e. The Labute approximate surface area is 260 Å². The molecular weight excluding hydrogens is 607 g/mol. The van der Waals surface area contributed by atoms with Crippen LogP contribution in [0.2, 0.25) is 10.0 Å². The molecule has 0 bridgehead atoms. The molecule has 0 N–H and O–H groups in total. The molecular formula is C33H24Cl2N2O5S. The van der Waals surface area contributed by atoms with Gasteiger partial charge in [0.1, 0.15) is 28.8 Å². The molecule has 10 heteroatoms. The van der Waals surface area contributed by atoms with E-state index in [9.17, 15) is 9.59 Å². The van der Waals surface area contributed by atoms with E-state index in [2.05, 4.69) is 5.16 Å². The van der Waals surface area contributed by atoms with Gasteiger partial charge in [0.15, 0.2) is 0 Å². The third-order valence-electron chi connectivity index (χ3n) is 8.58. The first-order chi connectivity index (χ1) is 20.9. The third-order valence-corrected chi connectivity index (χ3v) is 10.3. The maximum Gasteiger partial charge on any atom is 0.337 e. The molecule has 1 aliphatic heterocycles. The molecule has 1 amide bonds. The zero-order valence-corrected chi connectivity index (χ0v) is 25.3. The lowest BCUT2D eigenvalue weighted by Gasteiger charge is -2.16. The molecule has 3 heterocycles. The van der Waals surface area contributed by atoms with Gasteiger partial charge in [-0.05, 0) is 85.2 Å². The maximum atomic E-state index is 13.9. The maximum absolute atomic E-state index is 13.9. The van der Waals surface area contributed by atoms with Crippen LogP contribution in [0.25, 0.3) is 21.3 Å². The number of anilines is 2. The lowest BCUT2D eigenvalue weighted by Crippen LogP contribution is -2.27. The molecule has 3 aliphatic rings. The average molecular weight is 632 g/mol. The van der Waals surface area contributed by atoms with Crippen molar-refractivity contribution in [2.24, 2.45) is 0 Å². The van der Waals surface area contributed by atoms with Crippen LogP contribution in [0.5, 0.6) is 5.75 Å². The van der Waals surface area contributed by atoms with Gasteiger partial charge in [-0.25, -0.2) is 4.79 Å². The zero-order chi connectivity index (χ0) is 29.5. The van der Waals surface area contributed by atoms with Crippen LogP contribution in [0, 0.1) is 0 Å². The van der Waals surface area contributed by atoms with E-state index in [0.29, 0.717) is 38.5 Å². The number of nitrogens with zero attached hydrogens (tertiary/aromatic N) is 2. The summed E-state index contributed by atoms with van der Waals surface area (Å²) < 4.78 is 18.0. The molecule has 216 valence electrons. The van der Waals surface area contributed by atoms with E-state index in [1.54, 1.807) is 24.3 Å². The van der Waals surface area contributed by atoms with Crippen LogP contribution in [0.4, 0.5) is 10.7 Å². The molecule has 0 unspecified atom stereocenters. The van der Waals surface area contributed by atoms with Crippen molar-refractivity contribution in [2.75, 3.05) is 12.0 Å². The molecule has 0 radical (unpaired) electrons. The molecule has 43 heavy (non-hydrogen) atoms. The molecule has 0 atom stereocenters. The van der Waals surface area contributed by atoms with Crippen LogP contribution >= 0.6 is 34.5 Å². The molecule has 7 nitrogen and oxygen atoms in total. The van der Waals surface area contributed by atoms with Crippen LogP contribution in [0.15, 0.2) is 65.2 Å². The fourth-order valence-corrected chi connectivity index (χ4v) is 7.72. The number of hydrogen-bond acceptors (Lipinski definition) is 7. The number of aromatic nitrogens is 1. The number of halogens is 2. The Hall–Kier alpha value is -3.85. The van der Waals surface area contributed by atoms with Gasteiger partial charge in [-0.2, -0.15) is 0 Å². The Bertz CT molecular complexity index is 1950. The summed E-state index contributed by atoms with van der Waals surface area (Å²) in [5, 5.41) is 7.15. The van der Waals surface area contributed by atoms with Crippen molar-refractivity contribution in [3.63, 3.8) is 0 Å². The van der Waals surface area contributed by atoms with Crippen molar-refractivity contribution < 1.29 is 23.6 Å². The van der Waals surface area contributed by atoms with Crippen molar-refractivity contribution in [3.8, 4) is 17.0 Å². The lowest BCUT2D eigenvalue weighted by atomic mass is 9.98. The Morgan fingerprint density at radius 2 is 1.88 bits per heavy atom. The van der Waals surface area contributed by atoms with E-state index in [0.717, 1.165) is 63.3 Å². The summed E-state index contributed by atoms with van der Waals surface area (Å²) in [6, 6.07) is 18.7. The van der Waals surface area contributed by atoms with Gasteiger partial charge in [0.2, 0.25) is 5.91 Å². The third kappa shape index (κ3) is 4.26. The first kappa shape index (κ1) is 26.8. The van der Waals surface area contributed by atoms with E-state index in [1.807, 2.05) is 41.3 Å². The number of rotatable bonds is 7. The summed E-state index contributed by atoms with van der Waals surface area (Å²) in [4.78, 5) is 27.7. The first-order valence-corrected chi connectivity index (χ1v) is 15.6. The average Bonchev–Trinajstić information content (AvgIpc) is 3.92. The summed E-state index contributed by atoms with van der Waals surface area (Å²) in [5.74, 6) is 1.48. The van der Waals surface area contributed by atoms with Crippen LogP contribution in [-0.4, -0.2) is 24.1 Å². The Morgan fingerprint density at radius 1 is 1.09 bits per heavy atom. The summed E-state index contributed by atoms with van der Waals surface area (Å²) >= 11 is 14.5. The number of thiophene rings is 1. The number of hydrogen-bond donors (Lipinski definition) is 0. The standard InChI is InChI=1S/C33H24Cl2N2O5S/c1-40-31(38)19-8-7-18-14-27(43-26(18)13-19)37-25-10-9-20(15-22(25)33(11-12-33)32(37)39)41-16-21-29(36-42-30(21)17-5-6-17)28-23(34)3-2-4-24(28)35/h2-4,7-10,13-15,17H,5-6,11-12,16H2,1H3. The predicted octanol–water partition coefficient (Wildman–Crippen LogP) is 8.82. The summed E-state index contributed by atoms with van der Waals surface area (Å²) in [6.45, 7) is 0.231. The fourth-order valence-electron chi connectivity index (χ4n) is 6.02. The van der Waals surface area contributed by atoms with Crippen LogP contribution in [-0.2, 0) is 21.6 Å². The molecule has 2 aromatic heterocycles. The molecule has 3 aromatic carbocycles. The second-order valence-electron chi connectivity index (χ2n) is 11.3. The summed E-state index contributed by atoms with van der Waals surface area (Å²) in [6.07, 6.45) is 3.67. The second kappa shape index (κ2) is 9.84. The van der Waals surface area contributed by atoms with Crippen molar-refractivity contribution in [3.05, 3.63) is 93.2 Å². The topological polar surface area (TPSA) is 81.9 Å². The number of carbonyl (C=O) groups is 2. The van der Waals surface area contributed by atoms with E-state index >= 15 is 0 Å². The monoisotopic (exact) mass is 630 g/mol. The van der Waals surface area contributed by atoms with Crippen molar-refractivity contribution in [2.45, 2.75) is 43.6 Å². The minimum absolute atomic E-state index is 0.0742. The molecule has 8 rings (SSSR count). The fraction of sp³-hybridized carbons (Fsp3) is 0.242. The van der Waals surface area contributed by atoms with Gasteiger partial charge in [-0.15, -0.1) is 11.3 Å². The Kier molecular flexibility index (Phi) is 6.12. The smallest absolute Gasteiger partial charge is 0.337 e. The molecule has 2 fully saturated rings. The Morgan fingerprint density at radius 3 is 2.60 bits per heavy atom. The SMILES string of the molecule is COC(=O)c1ccc2cc(N3C(=O)C4(CC4)c4cc(OCc5c(-c6c(Cl)cccc6Cl)noc5C5CC5)ccc43)sc2c1. The number of methoxy groups -OCH3 is 1. The first-order valence-electron chi connectivity index (χ1n) is 14.0. The number of carbonyl (C=O) groups excluding carboxylic acids is 2. The summed E-state index contributed by atoms with van der Waals surface area (Å²) in [5.41, 5.74) is 3.86. The van der Waals surface area contributed by atoms with Crippen LogP contribution in [0.1, 0.15) is 58.8 Å². The number of esters is 1. The molecule has 0 saturated heterocycles. The van der Waals surface area contributed by atoms with Gasteiger partial charge in [-0.1, -0.05) is 40.5 Å². The van der Waals surface area contributed by atoms with E-state index in [4.69, 9.17) is 37.2 Å². The van der Waals surface area contributed by atoms with Crippen molar-refractivity contribution in [1.29, 1.82) is 0 Å². The van der Waals surface area contributed by atoms with Crippen molar-refractivity contribution >= 4 is 67.2 Å². The highest BCUT2D eigenvalue weighted by atomic mass is 35.5.